The van der Waals surface area contributed by atoms with E-state index in [1.54, 1.807) is 0 Å². The van der Waals surface area contributed by atoms with E-state index in [2.05, 4.69) is 140 Å². The Bertz CT molecular complexity index is 2760. The van der Waals surface area contributed by atoms with E-state index < -0.39 is 7.14 Å². The zero-order valence-electron chi connectivity index (χ0n) is 26.1. The van der Waals surface area contributed by atoms with Crippen molar-refractivity contribution >= 4 is 66.1 Å². The third-order valence-electron chi connectivity index (χ3n) is 10.2. The molecule has 0 aromatic heterocycles. The number of rotatable bonds is 3. The first-order chi connectivity index (χ1) is 23.7. The summed E-state index contributed by atoms with van der Waals surface area (Å²) in [5.41, 5.74) is 6.93. The first-order valence-electron chi connectivity index (χ1n) is 16.5. The van der Waals surface area contributed by atoms with Crippen LogP contribution in [0, 0.1) is 0 Å². The number of benzene rings is 9. The van der Waals surface area contributed by atoms with E-state index in [1.165, 1.54) is 59.8 Å². The summed E-state index contributed by atoms with van der Waals surface area (Å²) < 4.78 is 15.1. The molecule has 0 fully saturated rings. The van der Waals surface area contributed by atoms with E-state index in [-0.39, 0.29) is 0 Å². The molecule has 0 spiro atoms. The number of hydrogen-bond donors (Lipinski definition) is 0. The van der Waals surface area contributed by atoms with Gasteiger partial charge in [0.05, 0.1) is 0 Å². The summed E-state index contributed by atoms with van der Waals surface area (Å²) in [7, 11) is -2.99. The second-order valence-corrected chi connectivity index (χ2v) is 15.5. The van der Waals surface area contributed by atoms with Gasteiger partial charge >= 0.3 is 0 Å². The lowest BCUT2D eigenvalue weighted by molar-refractivity contribution is 0.593. The fraction of sp³-hybridized carbons (Fsp3) is 0. The van der Waals surface area contributed by atoms with Crippen molar-refractivity contribution in [3.8, 4) is 33.4 Å². The molecule has 9 aromatic rings. The molecule has 10 rings (SSSR count). The first-order valence-corrected chi connectivity index (χ1v) is 18.2. The van der Waals surface area contributed by atoms with Gasteiger partial charge in [0.25, 0.3) is 0 Å². The highest BCUT2D eigenvalue weighted by Crippen LogP contribution is 2.53. The average Bonchev–Trinajstić information content (AvgIpc) is 3.42. The molecule has 1 nitrogen and oxygen atoms in total. The molecule has 1 heterocycles. The first kappa shape index (κ1) is 27.4. The number of hydrogen-bond acceptors (Lipinski definition) is 1. The average molecular weight is 629 g/mol. The minimum atomic E-state index is -2.99. The lowest BCUT2D eigenvalue weighted by Gasteiger charge is -2.19. The predicted octanol–water partition coefficient (Wildman–Crippen LogP) is 11.3. The Morgan fingerprint density at radius 1 is 0.333 bits per heavy atom. The third-order valence-corrected chi connectivity index (χ3v) is 13.4. The normalized spacial score (nSPS) is 15.2. The fourth-order valence-electron chi connectivity index (χ4n) is 8.12. The van der Waals surface area contributed by atoms with Crippen LogP contribution in [-0.4, -0.2) is 0 Å². The number of fused-ring (bicyclic) bond motifs is 8. The largest absolute Gasteiger partial charge is 0.309 e. The van der Waals surface area contributed by atoms with Gasteiger partial charge in [-0.3, -0.25) is 0 Å². The van der Waals surface area contributed by atoms with E-state index in [0.29, 0.717) is 0 Å². The third kappa shape index (κ3) is 3.83. The molecule has 0 saturated carbocycles. The van der Waals surface area contributed by atoms with Crippen molar-refractivity contribution in [1.82, 2.24) is 0 Å². The van der Waals surface area contributed by atoms with Gasteiger partial charge in [0, 0.05) is 15.9 Å². The topological polar surface area (TPSA) is 17.1 Å². The summed E-state index contributed by atoms with van der Waals surface area (Å²) >= 11 is 0. The van der Waals surface area contributed by atoms with Crippen LogP contribution < -0.4 is 15.9 Å². The lowest BCUT2D eigenvalue weighted by Crippen LogP contribution is -2.20. The molecule has 48 heavy (non-hydrogen) atoms. The van der Waals surface area contributed by atoms with E-state index in [9.17, 15) is 0 Å². The van der Waals surface area contributed by atoms with Gasteiger partial charge in [0.2, 0.25) is 0 Å². The monoisotopic (exact) mass is 628 g/mol. The van der Waals surface area contributed by atoms with Crippen LogP contribution in [0.15, 0.2) is 176 Å². The summed E-state index contributed by atoms with van der Waals surface area (Å²) in [6.07, 6.45) is 0. The van der Waals surface area contributed by atoms with Crippen LogP contribution >= 0.6 is 7.14 Å². The second kappa shape index (κ2) is 10.4. The van der Waals surface area contributed by atoms with Crippen LogP contribution in [-0.2, 0) is 4.57 Å². The molecule has 9 aromatic carbocycles. The van der Waals surface area contributed by atoms with E-state index in [1.807, 2.05) is 36.4 Å². The minimum absolute atomic E-state index is 0.882. The van der Waals surface area contributed by atoms with Crippen LogP contribution in [0.3, 0.4) is 0 Å². The van der Waals surface area contributed by atoms with Gasteiger partial charge in [-0.15, -0.1) is 0 Å². The Labute approximate surface area is 279 Å². The lowest BCUT2D eigenvalue weighted by atomic mass is 9.85. The van der Waals surface area contributed by atoms with Crippen molar-refractivity contribution in [3.63, 3.8) is 0 Å². The van der Waals surface area contributed by atoms with E-state index in [0.717, 1.165) is 32.6 Å². The zero-order chi connectivity index (χ0) is 31.8. The van der Waals surface area contributed by atoms with Crippen molar-refractivity contribution < 1.29 is 4.57 Å². The van der Waals surface area contributed by atoms with Gasteiger partial charge in [0.15, 0.2) is 7.14 Å². The molecule has 1 aliphatic heterocycles. The second-order valence-electron chi connectivity index (χ2n) is 12.8. The molecule has 0 radical (unpaired) electrons. The van der Waals surface area contributed by atoms with Crippen LogP contribution in [0.4, 0.5) is 0 Å². The van der Waals surface area contributed by atoms with Gasteiger partial charge in [0.1, 0.15) is 0 Å². The predicted molar refractivity (Wildman–Crippen MR) is 206 cm³/mol. The van der Waals surface area contributed by atoms with Crippen molar-refractivity contribution in [2.75, 3.05) is 0 Å². The quantitative estimate of drug-likeness (QED) is 0.108. The van der Waals surface area contributed by atoms with Gasteiger partial charge in [-0.1, -0.05) is 158 Å². The molecule has 0 N–H and O–H groups in total. The Morgan fingerprint density at radius 3 is 1.54 bits per heavy atom. The Balaban J connectivity index is 1.23. The van der Waals surface area contributed by atoms with Crippen molar-refractivity contribution in [2.24, 2.45) is 0 Å². The fourth-order valence-corrected chi connectivity index (χ4v) is 11.2. The van der Waals surface area contributed by atoms with Crippen molar-refractivity contribution in [2.45, 2.75) is 0 Å². The molecule has 224 valence electrons. The highest BCUT2D eigenvalue weighted by atomic mass is 31.2. The van der Waals surface area contributed by atoms with Gasteiger partial charge < -0.3 is 4.57 Å². The Kier molecular flexibility index (Phi) is 5.92. The zero-order valence-corrected chi connectivity index (χ0v) is 27.0. The minimum Gasteiger partial charge on any atom is -0.309 e. The molecule has 0 aliphatic carbocycles. The molecular weight excluding hydrogens is 599 g/mol. The molecular formula is C46H29OP. The molecule has 0 amide bonds. The maximum atomic E-state index is 15.1. The molecule has 0 saturated heterocycles. The maximum absolute atomic E-state index is 15.1. The van der Waals surface area contributed by atoms with Gasteiger partial charge in [-0.2, -0.15) is 0 Å². The highest BCUT2D eigenvalue weighted by Gasteiger charge is 2.40. The van der Waals surface area contributed by atoms with E-state index >= 15 is 4.57 Å². The summed E-state index contributed by atoms with van der Waals surface area (Å²) in [4.78, 5) is 0. The molecule has 1 atom stereocenters. The van der Waals surface area contributed by atoms with Crippen LogP contribution in [0.25, 0.3) is 76.5 Å². The summed E-state index contributed by atoms with van der Waals surface area (Å²) in [5.74, 6) is 0. The maximum Gasteiger partial charge on any atom is 0.172 e. The van der Waals surface area contributed by atoms with Crippen molar-refractivity contribution in [3.05, 3.63) is 176 Å². The Morgan fingerprint density at radius 2 is 0.833 bits per heavy atom. The SMILES string of the molecule is O=P1(c2ccccc2)c2ccccc2-c2cc(-c3c4ccccc4c(-c4ccc5c(ccc6ccccc65)c4)c4ccccc34)ccc21. The van der Waals surface area contributed by atoms with Crippen LogP contribution in [0.2, 0.25) is 0 Å². The van der Waals surface area contributed by atoms with Gasteiger partial charge in [-0.25, -0.2) is 0 Å². The van der Waals surface area contributed by atoms with Crippen LogP contribution in [0.1, 0.15) is 0 Å². The van der Waals surface area contributed by atoms with E-state index in [4.69, 9.17) is 0 Å². The summed E-state index contributed by atoms with van der Waals surface area (Å²) in [5, 5.41) is 12.7. The summed E-state index contributed by atoms with van der Waals surface area (Å²) in [6.45, 7) is 0. The molecule has 0 bridgehead atoms. The Hall–Kier alpha value is -5.75. The van der Waals surface area contributed by atoms with Crippen LogP contribution in [0.5, 0.6) is 0 Å². The molecule has 1 unspecified atom stereocenters. The summed E-state index contributed by atoms with van der Waals surface area (Å²) in [6, 6.07) is 62.4. The van der Waals surface area contributed by atoms with Crippen molar-refractivity contribution in [1.29, 1.82) is 0 Å². The molecule has 1 aliphatic rings. The molecule has 2 heteroatoms. The standard InChI is InChI=1S/C46H29OP/c47-48(34-13-2-1-3-14-34)43-21-11-10-16-37(43)42-29-33(25-27-44(42)48)46-40-19-8-6-17-38(40)45(39-18-7-9-20-41(39)46)32-24-26-36-31(28-32)23-22-30-12-4-5-15-35(30)36/h1-29H. The highest BCUT2D eigenvalue weighted by molar-refractivity contribution is 7.86. The van der Waals surface area contributed by atoms with Gasteiger partial charge in [-0.05, 0) is 94.7 Å². The smallest absolute Gasteiger partial charge is 0.172 e.